The van der Waals surface area contributed by atoms with Gasteiger partial charge >= 0.3 is 0 Å². The van der Waals surface area contributed by atoms with Gasteiger partial charge in [-0.05, 0) is 19.4 Å². The van der Waals surface area contributed by atoms with Crippen molar-refractivity contribution in [3.63, 3.8) is 0 Å². The Hall–Kier alpha value is -1.16. The van der Waals surface area contributed by atoms with Gasteiger partial charge in [0.25, 0.3) is 0 Å². The van der Waals surface area contributed by atoms with Gasteiger partial charge in [0, 0.05) is 19.6 Å². The van der Waals surface area contributed by atoms with Crippen molar-refractivity contribution < 1.29 is 0 Å². The van der Waals surface area contributed by atoms with Gasteiger partial charge in [-0.2, -0.15) is 0 Å². The quantitative estimate of drug-likeness (QED) is 0.751. The number of hydrogen-bond acceptors (Lipinski definition) is 4. The molecule has 0 aliphatic rings. The van der Waals surface area contributed by atoms with Crippen LogP contribution in [0.1, 0.15) is 39.3 Å². The van der Waals surface area contributed by atoms with Crippen molar-refractivity contribution in [2.75, 3.05) is 24.5 Å². The molecule has 0 bridgehead atoms. The van der Waals surface area contributed by atoms with Crippen LogP contribution in [0.3, 0.4) is 0 Å². The molecule has 0 aromatic carbocycles. The molecule has 4 heteroatoms. The molecule has 0 spiro atoms. The maximum atomic E-state index is 4.49. The molecule has 0 saturated carbocycles. The zero-order valence-corrected chi connectivity index (χ0v) is 11.2. The van der Waals surface area contributed by atoms with E-state index in [9.17, 15) is 0 Å². The summed E-state index contributed by atoms with van der Waals surface area (Å²) < 4.78 is 0. The van der Waals surface area contributed by atoms with Crippen molar-refractivity contribution >= 4 is 5.82 Å². The van der Waals surface area contributed by atoms with Crippen LogP contribution < -0.4 is 10.2 Å². The van der Waals surface area contributed by atoms with E-state index in [0.717, 1.165) is 50.5 Å². The van der Waals surface area contributed by atoms with Crippen molar-refractivity contribution in [1.82, 2.24) is 15.3 Å². The molecule has 1 aromatic heterocycles. The summed E-state index contributed by atoms with van der Waals surface area (Å²) in [6, 6.07) is 0. The highest BCUT2D eigenvalue weighted by Crippen LogP contribution is 2.10. The third-order valence-electron chi connectivity index (χ3n) is 2.56. The molecule has 0 aliphatic carbocycles. The second kappa shape index (κ2) is 8.01. The average Bonchev–Trinajstić information content (AvgIpc) is 2.37. The highest BCUT2D eigenvalue weighted by molar-refractivity contribution is 5.35. The number of hydrogen-bond donors (Lipinski definition) is 1. The lowest BCUT2D eigenvalue weighted by Gasteiger charge is -2.22. The van der Waals surface area contributed by atoms with Crippen LogP contribution in [-0.2, 0) is 6.54 Å². The predicted molar refractivity (Wildman–Crippen MR) is 72.2 cm³/mol. The van der Waals surface area contributed by atoms with Gasteiger partial charge in [0.1, 0.15) is 5.82 Å². The van der Waals surface area contributed by atoms with Crippen LogP contribution in [0.2, 0.25) is 0 Å². The van der Waals surface area contributed by atoms with E-state index in [1.807, 2.05) is 12.4 Å². The van der Waals surface area contributed by atoms with E-state index in [-0.39, 0.29) is 0 Å². The minimum Gasteiger partial charge on any atom is -0.355 e. The molecule has 96 valence electrons. The summed E-state index contributed by atoms with van der Waals surface area (Å²) in [5.74, 6) is 0.994. The summed E-state index contributed by atoms with van der Waals surface area (Å²) in [5, 5.41) is 3.25. The SMILES string of the molecule is CCCN(CCC)c1cnc(CNCC)cn1. The Morgan fingerprint density at radius 1 is 1.06 bits per heavy atom. The summed E-state index contributed by atoms with van der Waals surface area (Å²) in [7, 11) is 0. The fourth-order valence-electron chi connectivity index (χ4n) is 1.74. The molecule has 0 amide bonds. The van der Waals surface area contributed by atoms with E-state index in [2.05, 4.69) is 41.0 Å². The highest BCUT2D eigenvalue weighted by Gasteiger charge is 2.06. The molecule has 4 nitrogen and oxygen atoms in total. The highest BCUT2D eigenvalue weighted by atomic mass is 15.2. The Balaban J connectivity index is 2.63. The standard InChI is InChI=1S/C13H24N4/c1-4-7-17(8-5-2)13-11-15-12(10-16-13)9-14-6-3/h10-11,14H,4-9H2,1-3H3. The third kappa shape index (κ3) is 4.69. The van der Waals surface area contributed by atoms with Crippen molar-refractivity contribution in [1.29, 1.82) is 0 Å². The molecular weight excluding hydrogens is 212 g/mol. The van der Waals surface area contributed by atoms with Crippen molar-refractivity contribution in [2.45, 2.75) is 40.2 Å². The van der Waals surface area contributed by atoms with Gasteiger partial charge in [0.15, 0.2) is 0 Å². The summed E-state index contributed by atoms with van der Waals surface area (Å²) in [4.78, 5) is 11.2. The topological polar surface area (TPSA) is 41.1 Å². The summed E-state index contributed by atoms with van der Waals surface area (Å²) in [5.41, 5.74) is 1.00. The van der Waals surface area contributed by atoms with Gasteiger partial charge in [-0.15, -0.1) is 0 Å². The molecule has 1 rings (SSSR count). The van der Waals surface area contributed by atoms with Crippen LogP contribution in [0.15, 0.2) is 12.4 Å². The van der Waals surface area contributed by atoms with E-state index >= 15 is 0 Å². The summed E-state index contributed by atoms with van der Waals surface area (Å²) in [6.45, 7) is 10.3. The molecule has 17 heavy (non-hydrogen) atoms. The number of anilines is 1. The maximum Gasteiger partial charge on any atom is 0.147 e. The first-order valence-corrected chi connectivity index (χ1v) is 6.58. The normalized spacial score (nSPS) is 10.5. The molecule has 1 N–H and O–H groups in total. The largest absolute Gasteiger partial charge is 0.355 e. The van der Waals surface area contributed by atoms with E-state index in [4.69, 9.17) is 0 Å². The lowest BCUT2D eigenvalue weighted by molar-refractivity contribution is 0.699. The van der Waals surface area contributed by atoms with Crippen molar-refractivity contribution in [3.05, 3.63) is 18.1 Å². The molecule has 0 aliphatic heterocycles. The lowest BCUT2D eigenvalue weighted by atomic mass is 10.3. The number of nitrogens with zero attached hydrogens (tertiary/aromatic N) is 3. The zero-order chi connectivity index (χ0) is 12.5. The van der Waals surface area contributed by atoms with Gasteiger partial charge in [-0.25, -0.2) is 4.98 Å². The predicted octanol–water partition coefficient (Wildman–Crippen LogP) is 2.21. The second-order valence-corrected chi connectivity index (χ2v) is 4.13. The Morgan fingerprint density at radius 2 is 1.76 bits per heavy atom. The van der Waals surface area contributed by atoms with Crippen LogP contribution in [0, 0.1) is 0 Å². The molecule has 1 heterocycles. The van der Waals surface area contributed by atoms with Crippen LogP contribution in [0.5, 0.6) is 0 Å². The molecular formula is C13H24N4. The molecule has 0 fully saturated rings. The first-order chi connectivity index (χ1) is 8.31. The van der Waals surface area contributed by atoms with Crippen LogP contribution in [0.4, 0.5) is 5.82 Å². The first-order valence-electron chi connectivity index (χ1n) is 6.58. The number of aromatic nitrogens is 2. The fourth-order valence-corrected chi connectivity index (χ4v) is 1.74. The van der Waals surface area contributed by atoms with Gasteiger partial charge in [-0.3, -0.25) is 4.98 Å². The van der Waals surface area contributed by atoms with Crippen molar-refractivity contribution in [2.24, 2.45) is 0 Å². The second-order valence-electron chi connectivity index (χ2n) is 4.13. The van der Waals surface area contributed by atoms with E-state index < -0.39 is 0 Å². The first kappa shape index (κ1) is 13.9. The molecule has 0 unspecified atom stereocenters. The van der Waals surface area contributed by atoms with Gasteiger partial charge in [-0.1, -0.05) is 20.8 Å². The molecule has 0 saturated heterocycles. The van der Waals surface area contributed by atoms with E-state index in [1.54, 1.807) is 0 Å². The van der Waals surface area contributed by atoms with Gasteiger partial charge < -0.3 is 10.2 Å². The number of rotatable bonds is 8. The molecule has 1 aromatic rings. The average molecular weight is 236 g/mol. The minimum atomic E-state index is 0.797. The Morgan fingerprint density at radius 3 is 2.24 bits per heavy atom. The third-order valence-corrected chi connectivity index (χ3v) is 2.56. The van der Waals surface area contributed by atoms with Gasteiger partial charge in [0.2, 0.25) is 0 Å². The number of nitrogens with one attached hydrogen (secondary N) is 1. The smallest absolute Gasteiger partial charge is 0.147 e. The van der Waals surface area contributed by atoms with Crippen molar-refractivity contribution in [3.8, 4) is 0 Å². The lowest BCUT2D eigenvalue weighted by Crippen LogP contribution is -2.26. The Bertz CT molecular complexity index is 291. The van der Waals surface area contributed by atoms with Crippen LogP contribution in [-0.4, -0.2) is 29.6 Å². The minimum absolute atomic E-state index is 0.797. The summed E-state index contributed by atoms with van der Waals surface area (Å²) in [6.07, 6.45) is 6.04. The van der Waals surface area contributed by atoms with E-state index in [0.29, 0.717) is 0 Å². The Kier molecular flexibility index (Phi) is 6.55. The Labute approximate surface area is 104 Å². The van der Waals surface area contributed by atoms with Crippen LogP contribution >= 0.6 is 0 Å². The molecule has 0 atom stereocenters. The molecule has 0 radical (unpaired) electrons. The van der Waals surface area contributed by atoms with Crippen LogP contribution in [0.25, 0.3) is 0 Å². The van der Waals surface area contributed by atoms with Gasteiger partial charge in [0.05, 0.1) is 18.1 Å². The fraction of sp³-hybridized carbons (Fsp3) is 0.692. The monoisotopic (exact) mass is 236 g/mol. The van der Waals surface area contributed by atoms with E-state index in [1.165, 1.54) is 0 Å². The summed E-state index contributed by atoms with van der Waals surface area (Å²) >= 11 is 0. The zero-order valence-electron chi connectivity index (χ0n) is 11.2. The maximum absolute atomic E-state index is 4.49.